The molecular formula is C27H27N3O2S. The molecule has 0 unspecified atom stereocenters. The molecule has 0 spiro atoms. The normalized spacial score (nSPS) is 14.5. The van der Waals surface area contributed by atoms with Gasteiger partial charge in [-0.05, 0) is 60.2 Å². The van der Waals surface area contributed by atoms with Crippen molar-refractivity contribution in [3.63, 3.8) is 0 Å². The molecule has 0 bridgehead atoms. The number of aromatic nitrogens is 1. The number of anilines is 1. The number of hydrogen-bond acceptors (Lipinski definition) is 5. The van der Waals surface area contributed by atoms with Crippen LogP contribution in [0.3, 0.4) is 0 Å². The molecule has 1 saturated heterocycles. The van der Waals surface area contributed by atoms with E-state index in [-0.39, 0.29) is 5.91 Å². The summed E-state index contributed by atoms with van der Waals surface area (Å²) >= 11 is 1.40. The number of pyridine rings is 1. The van der Waals surface area contributed by atoms with Crippen LogP contribution in [0.2, 0.25) is 0 Å². The van der Waals surface area contributed by atoms with Gasteiger partial charge in [0.25, 0.3) is 5.91 Å². The van der Waals surface area contributed by atoms with E-state index in [9.17, 15) is 4.79 Å². The molecule has 3 heterocycles. The van der Waals surface area contributed by atoms with Gasteiger partial charge in [-0.1, -0.05) is 37.3 Å². The van der Waals surface area contributed by atoms with Crippen molar-refractivity contribution in [3.05, 3.63) is 65.5 Å². The average molecular weight is 458 g/mol. The summed E-state index contributed by atoms with van der Waals surface area (Å²) in [5, 5.41) is 0.859. The van der Waals surface area contributed by atoms with E-state index in [1.807, 2.05) is 47.4 Å². The Morgan fingerprint density at radius 3 is 2.42 bits per heavy atom. The number of nitrogen functional groups attached to an aromatic ring is 1. The van der Waals surface area contributed by atoms with Crippen LogP contribution in [0.25, 0.3) is 32.6 Å². The van der Waals surface area contributed by atoms with Crippen molar-refractivity contribution in [1.82, 2.24) is 9.88 Å². The van der Waals surface area contributed by atoms with E-state index < -0.39 is 0 Å². The molecule has 2 N–H and O–H groups in total. The first-order valence-corrected chi connectivity index (χ1v) is 12.1. The van der Waals surface area contributed by atoms with Crippen LogP contribution < -0.4 is 10.5 Å². The Bertz CT molecular complexity index is 1290. The van der Waals surface area contributed by atoms with E-state index in [1.165, 1.54) is 11.3 Å². The van der Waals surface area contributed by atoms with Crippen LogP contribution in [0.15, 0.2) is 60.7 Å². The maximum atomic E-state index is 13.4. The van der Waals surface area contributed by atoms with Gasteiger partial charge < -0.3 is 15.4 Å². The van der Waals surface area contributed by atoms with Crippen LogP contribution in [-0.2, 0) is 0 Å². The zero-order valence-corrected chi connectivity index (χ0v) is 19.7. The molecule has 1 fully saturated rings. The Hall–Kier alpha value is -3.38. The summed E-state index contributed by atoms with van der Waals surface area (Å²) in [4.78, 5) is 21.6. The van der Waals surface area contributed by atoms with E-state index in [4.69, 9.17) is 15.5 Å². The maximum absolute atomic E-state index is 13.4. The van der Waals surface area contributed by atoms with Crippen LogP contribution in [0, 0.1) is 5.92 Å². The zero-order chi connectivity index (χ0) is 22.9. The molecule has 2 aromatic heterocycles. The minimum atomic E-state index is 0.0207. The number of hydrogen-bond donors (Lipinski definition) is 1. The van der Waals surface area contributed by atoms with Gasteiger partial charge in [-0.15, -0.1) is 11.3 Å². The number of likely N-dealkylation sites (tertiary alicyclic amines) is 1. The lowest BCUT2D eigenvalue weighted by atomic mass is 9.98. The molecule has 2 aromatic carbocycles. The maximum Gasteiger partial charge on any atom is 0.266 e. The van der Waals surface area contributed by atoms with Crippen molar-refractivity contribution < 1.29 is 9.53 Å². The van der Waals surface area contributed by atoms with Crippen molar-refractivity contribution in [2.24, 2.45) is 5.92 Å². The SMILES string of the molecule is COc1ccc(-c2cc(-c3ccccc3)c3c(N)c(C(=O)N4CCC(C)CC4)sc3n2)cc1. The van der Waals surface area contributed by atoms with Gasteiger partial charge in [-0.3, -0.25) is 4.79 Å². The molecule has 0 saturated carbocycles. The summed E-state index contributed by atoms with van der Waals surface area (Å²) in [6.07, 6.45) is 2.07. The first-order chi connectivity index (χ1) is 16.0. The first kappa shape index (κ1) is 21.5. The van der Waals surface area contributed by atoms with Gasteiger partial charge in [0.2, 0.25) is 0 Å². The summed E-state index contributed by atoms with van der Waals surface area (Å²) in [5.74, 6) is 1.48. The Kier molecular flexibility index (Phi) is 5.77. The van der Waals surface area contributed by atoms with E-state index in [1.54, 1.807) is 7.11 Å². The van der Waals surface area contributed by atoms with Crippen LogP contribution in [-0.4, -0.2) is 36.0 Å². The van der Waals surface area contributed by atoms with Crippen molar-refractivity contribution in [3.8, 4) is 28.1 Å². The van der Waals surface area contributed by atoms with Crippen molar-refractivity contribution in [2.75, 3.05) is 25.9 Å². The second-order valence-electron chi connectivity index (χ2n) is 8.65. The van der Waals surface area contributed by atoms with Crippen molar-refractivity contribution in [2.45, 2.75) is 19.8 Å². The Morgan fingerprint density at radius 2 is 1.76 bits per heavy atom. The number of piperidine rings is 1. The van der Waals surface area contributed by atoms with Gasteiger partial charge in [0.05, 0.1) is 18.5 Å². The van der Waals surface area contributed by atoms with Crippen LogP contribution in [0.5, 0.6) is 5.75 Å². The number of amides is 1. The Balaban J connectivity index is 1.65. The van der Waals surface area contributed by atoms with Gasteiger partial charge in [0.1, 0.15) is 15.5 Å². The largest absolute Gasteiger partial charge is 0.497 e. The molecule has 6 heteroatoms. The summed E-state index contributed by atoms with van der Waals surface area (Å²) in [6, 6.07) is 20.1. The van der Waals surface area contributed by atoms with E-state index in [2.05, 4.69) is 25.1 Å². The highest BCUT2D eigenvalue weighted by molar-refractivity contribution is 7.21. The number of nitrogens with zero attached hydrogens (tertiary/aromatic N) is 2. The van der Waals surface area contributed by atoms with E-state index in [0.29, 0.717) is 16.5 Å². The second-order valence-corrected chi connectivity index (χ2v) is 9.65. The number of fused-ring (bicyclic) bond motifs is 1. The van der Waals surface area contributed by atoms with Gasteiger partial charge in [0.15, 0.2) is 0 Å². The number of carbonyl (C=O) groups excluding carboxylic acids is 1. The summed E-state index contributed by atoms with van der Waals surface area (Å²) < 4.78 is 5.30. The number of rotatable bonds is 4. The van der Waals surface area contributed by atoms with E-state index >= 15 is 0 Å². The lowest BCUT2D eigenvalue weighted by Crippen LogP contribution is -2.37. The standard InChI is InChI=1S/C27H27N3O2S/c1-17-12-14-30(15-13-17)27(31)25-24(28)23-21(18-6-4-3-5-7-18)16-22(29-26(23)33-25)19-8-10-20(32-2)11-9-19/h3-11,16-17H,12-15,28H2,1-2H3. The molecule has 0 radical (unpaired) electrons. The first-order valence-electron chi connectivity index (χ1n) is 11.3. The molecule has 1 amide bonds. The number of benzene rings is 2. The lowest BCUT2D eigenvalue weighted by Gasteiger charge is -2.30. The van der Waals surface area contributed by atoms with Crippen molar-refractivity contribution >= 4 is 33.1 Å². The van der Waals surface area contributed by atoms with Crippen LogP contribution >= 0.6 is 11.3 Å². The minimum absolute atomic E-state index is 0.0207. The third kappa shape index (κ3) is 4.07. The molecule has 5 rings (SSSR count). The average Bonchev–Trinajstić information content (AvgIpc) is 3.20. The Labute approximate surface area is 197 Å². The molecule has 4 aromatic rings. The summed E-state index contributed by atoms with van der Waals surface area (Å²) in [7, 11) is 1.66. The third-order valence-electron chi connectivity index (χ3n) is 6.43. The van der Waals surface area contributed by atoms with Gasteiger partial charge in [0, 0.05) is 24.0 Å². The Morgan fingerprint density at radius 1 is 1.06 bits per heavy atom. The van der Waals surface area contributed by atoms with E-state index in [0.717, 1.165) is 64.3 Å². The molecule has 168 valence electrons. The van der Waals surface area contributed by atoms with Crippen LogP contribution in [0.1, 0.15) is 29.4 Å². The monoisotopic (exact) mass is 457 g/mol. The second kappa shape index (κ2) is 8.87. The minimum Gasteiger partial charge on any atom is -0.497 e. The molecule has 1 aliphatic heterocycles. The third-order valence-corrected chi connectivity index (χ3v) is 7.52. The summed E-state index contributed by atoms with van der Waals surface area (Å²) in [5.41, 5.74) is 11.1. The van der Waals surface area contributed by atoms with Gasteiger partial charge >= 0.3 is 0 Å². The number of carbonyl (C=O) groups is 1. The fourth-order valence-corrected chi connectivity index (χ4v) is 5.48. The van der Waals surface area contributed by atoms with Gasteiger partial charge in [-0.25, -0.2) is 4.98 Å². The smallest absolute Gasteiger partial charge is 0.266 e. The molecule has 1 aliphatic rings. The number of methoxy groups -OCH3 is 1. The number of nitrogens with two attached hydrogens (primary N) is 1. The highest BCUT2D eigenvalue weighted by Gasteiger charge is 2.27. The topological polar surface area (TPSA) is 68.5 Å². The molecule has 33 heavy (non-hydrogen) atoms. The number of thiophene rings is 1. The fraction of sp³-hybridized carbons (Fsp3) is 0.259. The molecule has 5 nitrogen and oxygen atoms in total. The number of ether oxygens (including phenoxy) is 1. The summed E-state index contributed by atoms with van der Waals surface area (Å²) in [6.45, 7) is 3.81. The lowest BCUT2D eigenvalue weighted by molar-refractivity contribution is 0.0703. The quantitative estimate of drug-likeness (QED) is 0.402. The predicted molar refractivity (Wildman–Crippen MR) is 136 cm³/mol. The highest BCUT2D eigenvalue weighted by atomic mass is 32.1. The fourth-order valence-electron chi connectivity index (χ4n) is 4.39. The predicted octanol–water partition coefficient (Wildman–Crippen LogP) is 6.09. The zero-order valence-electron chi connectivity index (χ0n) is 18.9. The molecule has 0 atom stereocenters. The van der Waals surface area contributed by atoms with Gasteiger partial charge in [-0.2, -0.15) is 0 Å². The van der Waals surface area contributed by atoms with Crippen molar-refractivity contribution in [1.29, 1.82) is 0 Å². The highest BCUT2D eigenvalue weighted by Crippen LogP contribution is 2.42. The molecule has 0 aliphatic carbocycles. The molecular weight excluding hydrogens is 430 g/mol. The van der Waals surface area contributed by atoms with Crippen LogP contribution in [0.4, 0.5) is 5.69 Å².